The normalized spacial score (nSPS) is 10.0. The van der Waals surface area contributed by atoms with Crippen molar-refractivity contribution in [3.8, 4) is 0 Å². The number of aryl methyl sites for hydroxylation is 2. The molecule has 2 aromatic rings. The highest BCUT2D eigenvalue weighted by Crippen LogP contribution is 2.14. The second kappa shape index (κ2) is 7.55. The van der Waals surface area contributed by atoms with E-state index in [9.17, 15) is 0 Å². The summed E-state index contributed by atoms with van der Waals surface area (Å²) in [5, 5.41) is 0. The van der Waals surface area contributed by atoms with Crippen molar-refractivity contribution in [1.82, 2.24) is 9.97 Å². The predicted molar refractivity (Wildman–Crippen MR) is 85.6 cm³/mol. The highest BCUT2D eigenvalue weighted by atomic mass is 35.5. The predicted octanol–water partition coefficient (Wildman–Crippen LogP) is 2.21. The summed E-state index contributed by atoms with van der Waals surface area (Å²) in [7, 11) is 0. The van der Waals surface area contributed by atoms with Gasteiger partial charge >= 0.3 is 0 Å². The molecule has 108 valence electrons. The van der Waals surface area contributed by atoms with Gasteiger partial charge in [-0.25, -0.2) is 4.98 Å². The van der Waals surface area contributed by atoms with Crippen LogP contribution >= 0.6 is 12.4 Å². The Hall–Kier alpha value is -2.01. The quantitative estimate of drug-likeness (QED) is 0.579. The average Bonchev–Trinajstić information content (AvgIpc) is 2.39. The number of hydrogen-bond donors (Lipinski definition) is 3. The first-order valence-corrected chi connectivity index (χ1v) is 6.36. The fraction of sp³-hybridized carbons (Fsp3) is 0.286. The van der Waals surface area contributed by atoms with E-state index in [1.807, 2.05) is 12.1 Å². The van der Waals surface area contributed by atoms with E-state index < -0.39 is 0 Å². The lowest BCUT2D eigenvalue weighted by atomic mass is 10.0. The van der Waals surface area contributed by atoms with E-state index in [0.717, 1.165) is 36.9 Å². The fourth-order valence-corrected chi connectivity index (χ4v) is 1.96. The molecule has 1 aromatic carbocycles. The van der Waals surface area contributed by atoms with Crippen LogP contribution in [0.2, 0.25) is 0 Å². The van der Waals surface area contributed by atoms with Crippen molar-refractivity contribution in [1.29, 1.82) is 0 Å². The standard InChI is InChI=1S/C14H19N5.ClH/c15-12-7-5-10(6-8-12)3-1-2-4-11-9-18-14(17)19-13(11)16;/h5-9H,1-4,15H2,(H4,16,17,18,19);1H. The molecule has 0 fully saturated rings. The van der Waals surface area contributed by atoms with Gasteiger partial charge in [0, 0.05) is 17.4 Å². The molecule has 0 aliphatic heterocycles. The lowest BCUT2D eigenvalue weighted by molar-refractivity contribution is 0.732. The van der Waals surface area contributed by atoms with E-state index in [2.05, 4.69) is 22.1 Å². The zero-order valence-corrected chi connectivity index (χ0v) is 12.1. The van der Waals surface area contributed by atoms with Gasteiger partial charge in [-0.3, -0.25) is 0 Å². The van der Waals surface area contributed by atoms with Gasteiger partial charge in [0.2, 0.25) is 5.95 Å². The number of nitrogens with two attached hydrogens (primary N) is 3. The van der Waals surface area contributed by atoms with Crippen LogP contribution < -0.4 is 17.2 Å². The van der Waals surface area contributed by atoms with Crippen molar-refractivity contribution >= 4 is 29.9 Å². The van der Waals surface area contributed by atoms with Crippen molar-refractivity contribution in [3.05, 3.63) is 41.6 Å². The largest absolute Gasteiger partial charge is 0.399 e. The van der Waals surface area contributed by atoms with E-state index >= 15 is 0 Å². The van der Waals surface area contributed by atoms with Crippen LogP contribution in [0.5, 0.6) is 0 Å². The van der Waals surface area contributed by atoms with Gasteiger partial charge in [-0.2, -0.15) is 4.98 Å². The van der Waals surface area contributed by atoms with Gasteiger partial charge in [0.25, 0.3) is 0 Å². The van der Waals surface area contributed by atoms with Crippen LogP contribution in [0, 0.1) is 0 Å². The van der Waals surface area contributed by atoms with Crippen LogP contribution in [0.1, 0.15) is 24.0 Å². The third-order valence-corrected chi connectivity index (χ3v) is 3.06. The number of benzene rings is 1. The summed E-state index contributed by atoms with van der Waals surface area (Å²) in [6.45, 7) is 0. The number of halogens is 1. The van der Waals surface area contributed by atoms with Gasteiger partial charge in [-0.05, 0) is 43.4 Å². The number of nitrogens with zero attached hydrogens (tertiary/aromatic N) is 2. The summed E-state index contributed by atoms with van der Waals surface area (Å²) in [4.78, 5) is 7.91. The van der Waals surface area contributed by atoms with Crippen molar-refractivity contribution in [2.45, 2.75) is 25.7 Å². The van der Waals surface area contributed by atoms with Crippen LogP contribution in [0.25, 0.3) is 0 Å². The second-order valence-corrected chi connectivity index (χ2v) is 4.59. The molecule has 0 saturated heterocycles. The first kappa shape index (κ1) is 16.0. The molecule has 0 spiro atoms. The number of unbranched alkanes of at least 4 members (excludes halogenated alkanes) is 1. The molecule has 0 unspecified atom stereocenters. The molecule has 0 aliphatic carbocycles. The lowest BCUT2D eigenvalue weighted by Gasteiger charge is -2.05. The molecule has 0 saturated carbocycles. The summed E-state index contributed by atoms with van der Waals surface area (Å²) in [6.07, 6.45) is 5.76. The molecule has 0 radical (unpaired) electrons. The highest BCUT2D eigenvalue weighted by Gasteiger charge is 2.02. The number of rotatable bonds is 5. The Morgan fingerprint density at radius 3 is 2.20 bits per heavy atom. The highest BCUT2D eigenvalue weighted by molar-refractivity contribution is 5.85. The minimum absolute atomic E-state index is 0. The zero-order chi connectivity index (χ0) is 13.7. The smallest absolute Gasteiger partial charge is 0.221 e. The summed E-state index contributed by atoms with van der Waals surface area (Å²) in [5.74, 6) is 0.711. The SMILES string of the molecule is Cl.Nc1ccc(CCCCc2cnc(N)nc2N)cc1. The maximum atomic E-state index is 5.79. The molecule has 0 aliphatic rings. The summed E-state index contributed by atoms with van der Waals surface area (Å²) >= 11 is 0. The minimum Gasteiger partial charge on any atom is -0.399 e. The molecule has 0 amide bonds. The molecule has 1 aromatic heterocycles. The maximum Gasteiger partial charge on any atom is 0.221 e. The van der Waals surface area contributed by atoms with Gasteiger partial charge in [0.05, 0.1) is 0 Å². The Bertz CT molecular complexity index is 542. The zero-order valence-electron chi connectivity index (χ0n) is 11.2. The monoisotopic (exact) mass is 293 g/mol. The summed E-state index contributed by atoms with van der Waals surface area (Å²) in [6, 6.07) is 7.99. The summed E-state index contributed by atoms with van der Waals surface area (Å²) < 4.78 is 0. The second-order valence-electron chi connectivity index (χ2n) is 4.59. The molecule has 2 rings (SSSR count). The third-order valence-electron chi connectivity index (χ3n) is 3.06. The molecule has 20 heavy (non-hydrogen) atoms. The number of aromatic nitrogens is 2. The Labute approximate surface area is 125 Å². The van der Waals surface area contributed by atoms with Crippen LogP contribution in [0.4, 0.5) is 17.5 Å². The van der Waals surface area contributed by atoms with Gasteiger partial charge in [0.15, 0.2) is 0 Å². The van der Waals surface area contributed by atoms with Crippen molar-refractivity contribution < 1.29 is 0 Å². The minimum atomic E-state index is 0. The lowest BCUT2D eigenvalue weighted by Crippen LogP contribution is -2.03. The number of hydrogen-bond acceptors (Lipinski definition) is 5. The van der Waals surface area contributed by atoms with Crippen LogP contribution in [-0.2, 0) is 12.8 Å². The Morgan fingerprint density at radius 1 is 0.900 bits per heavy atom. The molecular weight excluding hydrogens is 274 g/mol. The molecule has 0 atom stereocenters. The van der Waals surface area contributed by atoms with Gasteiger partial charge in [0.1, 0.15) is 5.82 Å². The van der Waals surface area contributed by atoms with Gasteiger partial charge in [-0.1, -0.05) is 12.1 Å². The summed E-state index contributed by atoms with van der Waals surface area (Å²) in [5.41, 5.74) is 20.0. The molecule has 6 N–H and O–H groups in total. The average molecular weight is 294 g/mol. The molecule has 6 heteroatoms. The van der Waals surface area contributed by atoms with Crippen molar-refractivity contribution in [2.24, 2.45) is 0 Å². The Kier molecular flexibility index (Phi) is 6.06. The van der Waals surface area contributed by atoms with E-state index in [0.29, 0.717) is 5.82 Å². The number of anilines is 3. The van der Waals surface area contributed by atoms with Gasteiger partial charge < -0.3 is 17.2 Å². The molecular formula is C14H20ClN5. The molecule has 0 bridgehead atoms. The van der Waals surface area contributed by atoms with Crippen molar-refractivity contribution in [2.75, 3.05) is 17.2 Å². The maximum absolute atomic E-state index is 5.79. The molecule has 1 heterocycles. The Morgan fingerprint density at radius 2 is 1.55 bits per heavy atom. The third kappa shape index (κ3) is 4.59. The Balaban J connectivity index is 0.00000200. The van der Waals surface area contributed by atoms with Gasteiger partial charge in [-0.15, -0.1) is 12.4 Å². The van der Waals surface area contributed by atoms with Crippen LogP contribution in [0.15, 0.2) is 30.5 Å². The van der Waals surface area contributed by atoms with E-state index in [1.54, 1.807) is 6.20 Å². The number of nitrogen functional groups attached to an aromatic ring is 3. The van der Waals surface area contributed by atoms with Crippen LogP contribution in [-0.4, -0.2) is 9.97 Å². The van der Waals surface area contributed by atoms with Crippen LogP contribution in [0.3, 0.4) is 0 Å². The van der Waals surface area contributed by atoms with E-state index in [1.165, 1.54) is 5.56 Å². The molecule has 5 nitrogen and oxygen atoms in total. The first-order valence-electron chi connectivity index (χ1n) is 6.36. The first-order chi connectivity index (χ1) is 9.15. The fourth-order valence-electron chi connectivity index (χ4n) is 1.96. The topological polar surface area (TPSA) is 104 Å². The van der Waals surface area contributed by atoms with E-state index in [-0.39, 0.29) is 18.4 Å². The van der Waals surface area contributed by atoms with E-state index in [4.69, 9.17) is 17.2 Å². The van der Waals surface area contributed by atoms with Crippen molar-refractivity contribution in [3.63, 3.8) is 0 Å².